The van der Waals surface area contributed by atoms with Crippen LogP contribution in [0, 0.1) is 5.92 Å². The predicted molar refractivity (Wildman–Crippen MR) is 69.7 cm³/mol. The average Bonchev–Trinajstić information content (AvgIpc) is 2.37. The molecular weight excluding hydrogens is 214 g/mol. The fourth-order valence-electron chi connectivity index (χ4n) is 2.56. The van der Waals surface area contributed by atoms with E-state index in [-0.39, 0.29) is 12.5 Å². The number of rotatable bonds is 7. The number of hydrogen-bond acceptors (Lipinski definition) is 2. The van der Waals surface area contributed by atoms with Crippen LogP contribution in [0.1, 0.15) is 44.9 Å². The molecular formula is C14H25NO2. The van der Waals surface area contributed by atoms with Crippen LogP contribution in [0.25, 0.3) is 0 Å². The maximum Gasteiger partial charge on any atom is 0.222 e. The largest absolute Gasteiger partial charge is 0.395 e. The quantitative estimate of drug-likeness (QED) is 0.693. The first-order valence-electron chi connectivity index (χ1n) is 6.77. The van der Waals surface area contributed by atoms with Crippen LogP contribution in [0.2, 0.25) is 0 Å². The third-order valence-corrected chi connectivity index (χ3v) is 3.56. The second kappa shape index (κ2) is 8.29. The van der Waals surface area contributed by atoms with Gasteiger partial charge >= 0.3 is 0 Å². The molecule has 17 heavy (non-hydrogen) atoms. The number of aliphatic hydroxyl groups excluding tert-OH is 1. The molecule has 0 unspecified atom stereocenters. The summed E-state index contributed by atoms with van der Waals surface area (Å²) in [6, 6.07) is 0. The summed E-state index contributed by atoms with van der Waals surface area (Å²) >= 11 is 0. The molecule has 1 aliphatic carbocycles. The Morgan fingerprint density at radius 1 is 1.35 bits per heavy atom. The van der Waals surface area contributed by atoms with Gasteiger partial charge in [0.05, 0.1) is 6.61 Å². The topological polar surface area (TPSA) is 40.5 Å². The van der Waals surface area contributed by atoms with Crippen LogP contribution in [0.3, 0.4) is 0 Å². The highest BCUT2D eigenvalue weighted by Gasteiger charge is 2.17. The van der Waals surface area contributed by atoms with Crippen LogP contribution in [0.4, 0.5) is 0 Å². The molecule has 1 saturated carbocycles. The van der Waals surface area contributed by atoms with Gasteiger partial charge in [-0.2, -0.15) is 0 Å². The van der Waals surface area contributed by atoms with E-state index in [1.165, 1.54) is 32.1 Å². The lowest BCUT2D eigenvalue weighted by molar-refractivity contribution is -0.131. The van der Waals surface area contributed by atoms with Crippen LogP contribution >= 0.6 is 0 Å². The summed E-state index contributed by atoms with van der Waals surface area (Å²) in [4.78, 5) is 13.6. The molecule has 1 aliphatic rings. The van der Waals surface area contributed by atoms with Crippen molar-refractivity contribution < 1.29 is 9.90 Å². The lowest BCUT2D eigenvalue weighted by atomic mass is 9.86. The van der Waals surface area contributed by atoms with Gasteiger partial charge in [-0.3, -0.25) is 4.79 Å². The third kappa shape index (κ3) is 5.35. The highest BCUT2D eigenvalue weighted by Crippen LogP contribution is 2.27. The lowest BCUT2D eigenvalue weighted by Gasteiger charge is -2.24. The van der Waals surface area contributed by atoms with E-state index in [9.17, 15) is 4.79 Å². The first kappa shape index (κ1) is 14.2. The Kier molecular flexibility index (Phi) is 6.94. The van der Waals surface area contributed by atoms with E-state index in [1.54, 1.807) is 11.0 Å². The molecule has 1 rings (SSSR count). The maximum absolute atomic E-state index is 11.9. The molecule has 3 nitrogen and oxygen atoms in total. The fourth-order valence-corrected chi connectivity index (χ4v) is 2.56. The van der Waals surface area contributed by atoms with Crippen molar-refractivity contribution in [2.24, 2.45) is 5.92 Å². The maximum atomic E-state index is 11.9. The van der Waals surface area contributed by atoms with Crippen molar-refractivity contribution in [3.63, 3.8) is 0 Å². The van der Waals surface area contributed by atoms with Gasteiger partial charge in [-0.05, 0) is 12.3 Å². The van der Waals surface area contributed by atoms with Crippen LogP contribution in [-0.2, 0) is 4.79 Å². The van der Waals surface area contributed by atoms with Gasteiger partial charge in [0.1, 0.15) is 0 Å². The van der Waals surface area contributed by atoms with Gasteiger partial charge in [-0.25, -0.2) is 0 Å². The Balaban J connectivity index is 2.27. The highest BCUT2D eigenvalue weighted by atomic mass is 16.3. The molecule has 1 fully saturated rings. The summed E-state index contributed by atoms with van der Waals surface area (Å²) in [5, 5.41) is 8.90. The smallest absolute Gasteiger partial charge is 0.222 e. The first-order chi connectivity index (χ1) is 8.27. The van der Waals surface area contributed by atoms with Crippen LogP contribution in [0.5, 0.6) is 0 Å². The zero-order valence-electron chi connectivity index (χ0n) is 10.7. The summed E-state index contributed by atoms with van der Waals surface area (Å²) < 4.78 is 0. The number of amides is 1. The molecule has 0 atom stereocenters. The van der Waals surface area contributed by atoms with E-state index in [4.69, 9.17) is 5.11 Å². The number of carbonyl (C=O) groups is 1. The zero-order chi connectivity index (χ0) is 12.5. The van der Waals surface area contributed by atoms with Crippen molar-refractivity contribution >= 4 is 5.91 Å². The summed E-state index contributed by atoms with van der Waals surface area (Å²) in [5.74, 6) is 0.900. The third-order valence-electron chi connectivity index (χ3n) is 3.56. The molecule has 0 aromatic heterocycles. The number of carbonyl (C=O) groups excluding carboxylic acids is 1. The Bertz CT molecular complexity index is 234. The van der Waals surface area contributed by atoms with Crippen LogP contribution < -0.4 is 0 Å². The normalized spacial score (nSPS) is 16.8. The second-order valence-corrected chi connectivity index (χ2v) is 4.89. The average molecular weight is 239 g/mol. The van der Waals surface area contributed by atoms with E-state index in [2.05, 4.69) is 6.58 Å². The van der Waals surface area contributed by atoms with Gasteiger partial charge in [0.2, 0.25) is 5.91 Å². The van der Waals surface area contributed by atoms with E-state index < -0.39 is 0 Å². The minimum Gasteiger partial charge on any atom is -0.395 e. The molecule has 0 bridgehead atoms. The standard InChI is InChI=1S/C14H25NO2/c1-2-10-15(11-12-16)14(17)9-8-13-6-4-3-5-7-13/h2,13,16H,1,3-12H2. The number of hydrogen-bond donors (Lipinski definition) is 1. The molecule has 3 heteroatoms. The fraction of sp³-hybridized carbons (Fsp3) is 0.786. The van der Waals surface area contributed by atoms with Gasteiger partial charge in [-0.15, -0.1) is 6.58 Å². The molecule has 0 aliphatic heterocycles. The Hall–Kier alpha value is -0.830. The van der Waals surface area contributed by atoms with Crippen molar-refractivity contribution in [3.8, 4) is 0 Å². The van der Waals surface area contributed by atoms with Crippen molar-refractivity contribution in [2.75, 3.05) is 19.7 Å². The molecule has 0 saturated heterocycles. The monoisotopic (exact) mass is 239 g/mol. The highest BCUT2D eigenvalue weighted by molar-refractivity contribution is 5.76. The van der Waals surface area contributed by atoms with Gasteiger partial charge in [-0.1, -0.05) is 38.2 Å². The van der Waals surface area contributed by atoms with Crippen molar-refractivity contribution in [2.45, 2.75) is 44.9 Å². The minimum absolute atomic E-state index is 0.0308. The number of nitrogens with zero attached hydrogens (tertiary/aromatic N) is 1. The molecule has 0 radical (unpaired) electrons. The van der Waals surface area contributed by atoms with Gasteiger partial charge in [0, 0.05) is 19.5 Å². The molecule has 1 amide bonds. The van der Waals surface area contributed by atoms with Crippen LogP contribution in [0.15, 0.2) is 12.7 Å². The minimum atomic E-state index is 0.0308. The first-order valence-corrected chi connectivity index (χ1v) is 6.77. The SMILES string of the molecule is C=CCN(CCO)C(=O)CCC1CCCCC1. The molecule has 0 heterocycles. The van der Waals surface area contributed by atoms with Gasteiger partial charge in [0.25, 0.3) is 0 Å². The van der Waals surface area contributed by atoms with Gasteiger partial charge < -0.3 is 10.0 Å². The summed E-state index contributed by atoms with van der Waals surface area (Å²) in [6.07, 6.45) is 9.93. The molecule has 0 aromatic carbocycles. The van der Waals surface area contributed by atoms with Crippen LogP contribution in [-0.4, -0.2) is 35.6 Å². The van der Waals surface area contributed by atoms with E-state index in [0.717, 1.165) is 12.3 Å². The van der Waals surface area contributed by atoms with E-state index >= 15 is 0 Å². The second-order valence-electron chi connectivity index (χ2n) is 4.89. The lowest BCUT2D eigenvalue weighted by Crippen LogP contribution is -2.33. The molecule has 0 spiro atoms. The van der Waals surface area contributed by atoms with Gasteiger partial charge in [0.15, 0.2) is 0 Å². The predicted octanol–water partition coefficient (Wildman–Crippen LogP) is 2.35. The Morgan fingerprint density at radius 3 is 2.65 bits per heavy atom. The molecule has 98 valence electrons. The van der Waals surface area contributed by atoms with Crippen molar-refractivity contribution in [3.05, 3.63) is 12.7 Å². The van der Waals surface area contributed by atoms with E-state index in [0.29, 0.717) is 19.5 Å². The van der Waals surface area contributed by atoms with E-state index in [1.807, 2.05) is 0 Å². The van der Waals surface area contributed by atoms with Crippen molar-refractivity contribution in [1.82, 2.24) is 4.90 Å². The Labute approximate surface area is 105 Å². The Morgan fingerprint density at radius 2 is 2.06 bits per heavy atom. The zero-order valence-corrected chi connectivity index (χ0v) is 10.7. The molecule has 1 N–H and O–H groups in total. The summed E-state index contributed by atoms with van der Waals surface area (Å²) in [6.45, 7) is 4.64. The number of aliphatic hydroxyl groups is 1. The summed E-state index contributed by atoms with van der Waals surface area (Å²) in [7, 11) is 0. The summed E-state index contributed by atoms with van der Waals surface area (Å²) in [5.41, 5.74) is 0. The van der Waals surface area contributed by atoms with Crippen molar-refractivity contribution in [1.29, 1.82) is 0 Å². The molecule has 0 aromatic rings.